The van der Waals surface area contributed by atoms with Crippen LogP contribution in [0.4, 0.5) is 5.69 Å². The van der Waals surface area contributed by atoms with Gasteiger partial charge in [0.05, 0.1) is 29.0 Å². The number of nitro groups is 1. The highest BCUT2D eigenvalue weighted by Gasteiger charge is 2.21. The lowest BCUT2D eigenvalue weighted by atomic mass is 9.90. The highest BCUT2D eigenvalue weighted by atomic mass is 16.6. The predicted molar refractivity (Wildman–Crippen MR) is 65.8 cm³/mol. The van der Waals surface area contributed by atoms with Gasteiger partial charge in [0.1, 0.15) is 0 Å². The van der Waals surface area contributed by atoms with Crippen molar-refractivity contribution in [3.8, 4) is 12.1 Å². The summed E-state index contributed by atoms with van der Waals surface area (Å²) in [6.45, 7) is 3.90. The zero-order valence-electron chi connectivity index (χ0n) is 10.3. The minimum absolute atomic E-state index is 0.0122. The quantitative estimate of drug-likeness (QED) is 0.600. The zero-order chi connectivity index (χ0) is 13.7. The highest BCUT2D eigenvalue weighted by Crippen LogP contribution is 2.31. The van der Waals surface area contributed by atoms with Crippen molar-refractivity contribution in [1.82, 2.24) is 0 Å². The van der Waals surface area contributed by atoms with Gasteiger partial charge < -0.3 is 0 Å². The molecule has 0 aromatic heterocycles. The zero-order valence-corrected chi connectivity index (χ0v) is 10.3. The first-order chi connectivity index (χ1) is 8.54. The molecule has 1 rings (SSSR count). The lowest BCUT2D eigenvalue weighted by Crippen LogP contribution is -2.04. The van der Waals surface area contributed by atoms with Crippen LogP contribution in [0.3, 0.4) is 0 Å². The minimum Gasteiger partial charge on any atom is -0.258 e. The Labute approximate surface area is 105 Å². The normalized spacial score (nSPS) is 11.3. The number of nitro benzene ring substituents is 1. The molecule has 0 saturated carbocycles. The largest absolute Gasteiger partial charge is 0.275 e. The van der Waals surface area contributed by atoms with Crippen LogP contribution in [0.15, 0.2) is 12.1 Å². The number of benzene rings is 1. The maximum atomic E-state index is 11.0. The van der Waals surface area contributed by atoms with Crippen LogP contribution in [0.5, 0.6) is 0 Å². The molecule has 5 heteroatoms. The molecule has 1 atom stereocenters. The van der Waals surface area contributed by atoms with E-state index in [0.717, 1.165) is 12.0 Å². The van der Waals surface area contributed by atoms with Crippen LogP contribution in [0, 0.1) is 32.8 Å². The van der Waals surface area contributed by atoms with Crippen LogP contribution in [0.1, 0.15) is 42.9 Å². The summed E-state index contributed by atoms with van der Waals surface area (Å²) in [6, 6.07) is 6.75. The first-order valence-corrected chi connectivity index (χ1v) is 5.63. The van der Waals surface area contributed by atoms with Gasteiger partial charge in [-0.3, -0.25) is 10.1 Å². The van der Waals surface area contributed by atoms with Crippen molar-refractivity contribution in [1.29, 1.82) is 10.5 Å². The average Bonchev–Trinajstić information content (AvgIpc) is 2.37. The van der Waals surface area contributed by atoms with Gasteiger partial charge in [0.2, 0.25) is 0 Å². The maximum absolute atomic E-state index is 11.0. The molecule has 0 saturated heterocycles. The molecule has 0 aliphatic rings. The second-order valence-electron chi connectivity index (χ2n) is 4.08. The number of nitriles is 2. The summed E-state index contributed by atoms with van der Waals surface area (Å²) in [5, 5.41) is 28.7. The predicted octanol–water partition coefficient (Wildman–Crippen LogP) is 3.05. The molecule has 18 heavy (non-hydrogen) atoms. The summed E-state index contributed by atoms with van der Waals surface area (Å²) < 4.78 is 0. The first-order valence-electron chi connectivity index (χ1n) is 5.63. The fourth-order valence-corrected chi connectivity index (χ4v) is 1.84. The molecule has 1 aromatic carbocycles. The molecule has 1 aromatic rings. The van der Waals surface area contributed by atoms with E-state index < -0.39 is 4.92 Å². The van der Waals surface area contributed by atoms with Gasteiger partial charge in [0.15, 0.2) is 0 Å². The summed E-state index contributed by atoms with van der Waals surface area (Å²) in [5.41, 5.74) is 1.28. The van der Waals surface area contributed by atoms with Gasteiger partial charge in [-0.1, -0.05) is 13.8 Å². The van der Waals surface area contributed by atoms with Crippen molar-refractivity contribution in [3.63, 3.8) is 0 Å². The Morgan fingerprint density at radius 2 is 2.11 bits per heavy atom. The maximum Gasteiger partial charge on any atom is 0.275 e. The van der Waals surface area contributed by atoms with Gasteiger partial charge in [-0.05, 0) is 24.0 Å². The Morgan fingerprint density at radius 1 is 1.44 bits per heavy atom. The van der Waals surface area contributed by atoms with E-state index in [1.165, 1.54) is 6.07 Å². The SMILES string of the molecule is CCC(C)c1cc(C#N)cc([N+](=O)[O-])c1CC#N. The van der Waals surface area contributed by atoms with Crippen LogP contribution in [0.25, 0.3) is 0 Å². The average molecular weight is 243 g/mol. The molecule has 0 fully saturated rings. The molecule has 0 N–H and O–H groups in total. The summed E-state index contributed by atoms with van der Waals surface area (Å²) in [7, 11) is 0. The van der Waals surface area contributed by atoms with Gasteiger partial charge in [-0.15, -0.1) is 0 Å². The van der Waals surface area contributed by atoms with E-state index >= 15 is 0 Å². The third kappa shape index (κ3) is 2.64. The van der Waals surface area contributed by atoms with E-state index in [-0.39, 0.29) is 23.6 Å². The molecule has 92 valence electrons. The number of nitrogens with zero attached hydrogens (tertiary/aromatic N) is 3. The van der Waals surface area contributed by atoms with Gasteiger partial charge in [-0.2, -0.15) is 10.5 Å². The van der Waals surface area contributed by atoms with Crippen LogP contribution in [-0.4, -0.2) is 4.92 Å². The number of rotatable bonds is 4. The molecule has 0 heterocycles. The van der Waals surface area contributed by atoms with Crippen molar-refractivity contribution < 1.29 is 4.92 Å². The Morgan fingerprint density at radius 3 is 2.56 bits per heavy atom. The third-order valence-corrected chi connectivity index (χ3v) is 2.99. The first kappa shape index (κ1) is 13.7. The van der Waals surface area contributed by atoms with Gasteiger partial charge in [0, 0.05) is 11.6 Å². The lowest BCUT2D eigenvalue weighted by molar-refractivity contribution is -0.385. The fraction of sp³-hybridized carbons (Fsp3) is 0.385. The van der Waals surface area contributed by atoms with Gasteiger partial charge in [-0.25, -0.2) is 0 Å². The van der Waals surface area contributed by atoms with E-state index in [9.17, 15) is 10.1 Å². The van der Waals surface area contributed by atoms with E-state index in [2.05, 4.69) is 0 Å². The van der Waals surface area contributed by atoms with E-state index in [4.69, 9.17) is 10.5 Å². The van der Waals surface area contributed by atoms with Crippen molar-refractivity contribution in [3.05, 3.63) is 38.9 Å². The second-order valence-corrected chi connectivity index (χ2v) is 4.08. The number of hydrogen-bond donors (Lipinski definition) is 0. The Balaban J connectivity index is 3.56. The lowest BCUT2D eigenvalue weighted by Gasteiger charge is -2.14. The van der Waals surface area contributed by atoms with E-state index in [0.29, 0.717) is 5.56 Å². The molecule has 5 nitrogen and oxygen atoms in total. The number of hydrogen-bond acceptors (Lipinski definition) is 4. The van der Waals surface area contributed by atoms with E-state index in [1.807, 2.05) is 26.0 Å². The highest BCUT2D eigenvalue weighted by molar-refractivity contribution is 5.54. The summed E-state index contributed by atoms with van der Waals surface area (Å²) >= 11 is 0. The molecule has 0 aliphatic heterocycles. The molecule has 0 spiro atoms. The van der Waals surface area contributed by atoms with Crippen LogP contribution >= 0.6 is 0 Å². The summed E-state index contributed by atoms with van der Waals surface area (Å²) in [4.78, 5) is 10.5. The fourth-order valence-electron chi connectivity index (χ4n) is 1.84. The topological polar surface area (TPSA) is 90.7 Å². The van der Waals surface area contributed by atoms with Gasteiger partial charge >= 0.3 is 0 Å². The van der Waals surface area contributed by atoms with Crippen molar-refractivity contribution >= 4 is 5.69 Å². The standard InChI is InChI=1S/C13H13N3O2/c1-3-9(2)12-6-10(8-15)7-13(16(17)18)11(12)4-5-14/h6-7,9H,3-4H2,1-2H3. The Kier molecular flexibility index (Phi) is 4.39. The van der Waals surface area contributed by atoms with Crippen molar-refractivity contribution in [2.45, 2.75) is 32.6 Å². The molecular formula is C13H13N3O2. The van der Waals surface area contributed by atoms with Crippen LogP contribution in [-0.2, 0) is 6.42 Å². The third-order valence-electron chi connectivity index (χ3n) is 2.99. The summed E-state index contributed by atoms with van der Waals surface area (Å²) in [5.74, 6) is 0.0837. The molecule has 0 bridgehead atoms. The summed E-state index contributed by atoms with van der Waals surface area (Å²) in [6.07, 6.45) is 0.784. The smallest absolute Gasteiger partial charge is 0.258 e. The molecule has 0 radical (unpaired) electrons. The van der Waals surface area contributed by atoms with Crippen LogP contribution in [0.2, 0.25) is 0 Å². The monoisotopic (exact) mass is 243 g/mol. The molecule has 0 aliphatic carbocycles. The van der Waals surface area contributed by atoms with Crippen molar-refractivity contribution in [2.75, 3.05) is 0 Å². The Bertz CT molecular complexity index is 553. The molecular weight excluding hydrogens is 230 g/mol. The minimum atomic E-state index is -0.528. The van der Waals surface area contributed by atoms with Crippen LogP contribution < -0.4 is 0 Å². The molecule has 1 unspecified atom stereocenters. The Hall–Kier alpha value is -2.40. The van der Waals surface area contributed by atoms with Gasteiger partial charge in [0.25, 0.3) is 5.69 Å². The second kappa shape index (κ2) is 5.79. The van der Waals surface area contributed by atoms with Crippen molar-refractivity contribution in [2.24, 2.45) is 0 Å². The van der Waals surface area contributed by atoms with E-state index in [1.54, 1.807) is 6.07 Å². The molecule has 0 amide bonds.